The summed E-state index contributed by atoms with van der Waals surface area (Å²) >= 11 is 7.57. The zero-order valence-corrected chi connectivity index (χ0v) is 21.7. The largest absolute Gasteiger partial charge is 0.488 e. The van der Waals surface area contributed by atoms with Crippen LogP contribution in [-0.2, 0) is 32.6 Å². The molecule has 5 rings (SSSR count). The van der Waals surface area contributed by atoms with Crippen molar-refractivity contribution in [3.05, 3.63) is 35.6 Å². The van der Waals surface area contributed by atoms with E-state index in [-0.39, 0.29) is 12.1 Å². The van der Waals surface area contributed by atoms with Crippen LogP contribution in [0.1, 0.15) is 6.92 Å². The lowest BCUT2D eigenvalue weighted by Crippen LogP contribution is -2.50. The minimum atomic E-state index is -3.28. The first-order chi connectivity index (χ1) is 17.3. The number of thioether (sulfide) groups is 1. The minimum absolute atomic E-state index is 0.0976. The molecular weight excluding hydrogens is 532 g/mol. The van der Waals surface area contributed by atoms with Gasteiger partial charge in [0.1, 0.15) is 30.8 Å². The van der Waals surface area contributed by atoms with E-state index >= 15 is 0 Å². The van der Waals surface area contributed by atoms with Crippen molar-refractivity contribution in [3.8, 4) is 0 Å². The molecule has 2 radical (unpaired) electrons. The number of rotatable bonds is 7. The van der Waals surface area contributed by atoms with Crippen molar-refractivity contribution in [3.63, 3.8) is 0 Å². The smallest absolute Gasteiger partial charge is 0.434 e. The van der Waals surface area contributed by atoms with E-state index in [9.17, 15) is 4.79 Å². The second-order valence-electron chi connectivity index (χ2n) is 7.99. The van der Waals surface area contributed by atoms with Crippen LogP contribution in [0, 0.1) is 0 Å². The molecule has 190 valence electrons. The highest BCUT2D eigenvalue weighted by Crippen LogP contribution is 2.63. The van der Waals surface area contributed by atoms with Gasteiger partial charge >= 0.3 is 21.4 Å². The van der Waals surface area contributed by atoms with Crippen molar-refractivity contribution >= 4 is 62.0 Å². The van der Waals surface area contributed by atoms with Crippen molar-refractivity contribution in [2.45, 2.75) is 41.9 Å². The highest BCUT2D eigenvalue weighted by Gasteiger charge is 2.61. The van der Waals surface area contributed by atoms with Gasteiger partial charge in [-0.15, -0.1) is 0 Å². The van der Waals surface area contributed by atoms with Crippen LogP contribution in [0.25, 0.3) is 0 Å². The molecule has 1 aromatic heterocycles. The predicted octanol–water partition coefficient (Wildman–Crippen LogP) is 2.56. The van der Waals surface area contributed by atoms with E-state index in [0.29, 0.717) is 22.3 Å². The van der Waals surface area contributed by atoms with E-state index in [0.717, 1.165) is 4.90 Å². The predicted molar refractivity (Wildman–Crippen MR) is 134 cm³/mol. The molecular formula is C20H23BClN5O7PS+. The van der Waals surface area contributed by atoms with Gasteiger partial charge < -0.3 is 25.3 Å². The van der Waals surface area contributed by atoms with Crippen molar-refractivity contribution in [2.75, 3.05) is 36.5 Å². The Balaban J connectivity index is 1.40. The third-order valence-electron chi connectivity index (χ3n) is 5.70. The Bertz CT molecular complexity index is 1130. The number of nitrogens with one attached hydrogen (secondary N) is 1. The van der Waals surface area contributed by atoms with Gasteiger partial charge in [-0.05, 0) is 24.3 Å². The summed E-state index contributed by atoms with van der Waals surface area (Å²) in [5.74, 6) is 0.348. The van der Waals surface area contributed by atoms with Gasteiger partial charge in [-0.25, -0.2) is 9.97 Å². The van der Waals surface area contributed by atoms with Gasteiger partial charge in [0.25, 0.3) is 0 Å². The lowest BCUT2D eigenvalue weighted by molar-refractivity contribution is -0.149. The first-order valence-corrected chi connectivity index (χ1v) is 13.7. The molecule has 12 nitrogen and oxygen atoms in total. The molecule has 0 saturated carbocycles. The molecule has 0 amide bonds. The standard InChI is InChI=1S/C20H23BClN5O7PS/c1-10(28)30-9-32-35(21)31-7-13-15(34-35)16(29-2)19(33-13)27-18-14(17(23)24-8-25-18)26-20(27)36-12-5-3-11(22)4-6-12/h3-6,8,13,15-16,19-20,26H,7,9H2,1-2H3,(H2,23,24,25)/q+1/t13?,15-,16?,19?,20?,35?/m1/s1. The van der Waals surface area contributed by atoms with E-state index in [1.165, 1.54) is 25.0 Å². The van der Waals surface area contributed by atoms with E-state index in [1.54, 1.807) is 7.11 Å². The number of anilines is 3. The summed E-state index contributed by atoms with van der Waals surface area (Å²) in [6, 6.07) is 7.46. The van der Waals surface area contributed by atoms with Crippen molar-refractivity contribution in [1.29, 1.82) is 0 Å². The average molecular weight is 555 g/mol. The zero-order chi connectivity index (χ0) is 25.4. The van der Waals surface area contributed by atoms with Crippen LogP contribution in [0.15, 0.2) is 35.5 Å². The number of benzene rings is 1. The Morgan fingerprint density at radius 2 is 2.17 bits per heavy atom. The summed E-state index contributed by atoms with van der Waals surface area (Å²) in [5.41, 5.74) is 6.36. The molecule has 3 aliphatic rings. The number of halogens is 1. The van der Waals surface area contributed by atoms with Crippen molar-refractivity contribution in [2.24, 2.45) is 0 Å². The molecule has 3 N–H and O–H groups in total. The van der Waals surface area contributed by atoms with E-state index in [2.05, 4.69) is 15.3 Å². The third kappa shape index (κ3) is 5.09. The SMILES string of the molecule is [B][P+]1(OCOC(C)=O)OCC2OC(N3c4ncnc(N)c4NC3Sc3ccc(Cl)cc3)C(OC)[C@@H]2O1. The first-order valence-electron chi connectivity index (χ1n) is 10.8. The lowest BCUT2D eigenvalue weighted by atomic mass is 10.1. The zero-order valence-electron chi connectivity index (χ0n) is 19.3. The summed E-state index contributed by atoms with van der Waals surface area (Å²) < 4.78 is 34.2. The van der Waals surface area contributed by atoms with E-state index in [4.69, 9.17) is 52.7 Å². The number of aromatic nitrogens is 2. The summed E-state index contributed by atoms with van der Waals surface area (Å²) in [4.78, 5) is 22.5. The summed E-state index contributed by atoms with van der Waals surface area (Å²) in [7, 11) is 4.49. The molecule has 36 heavy (non-hydrogen) atoms. The molecule has 16 heteroatoms. The minimum Gasteiger partial charge on any atom is -0.434 e. The Kier molecular flexibility index (Phi) is 7.48. The fourth-order valence-corrected chi connectivity index (χ4v) is 6.61. The molecule has 3 aliphatic heterocycles. The Labute approximate surface area is 218 Å². The molecule has 0 spiro atoms. The number of nitrogen functional groups attached to an aromatic ring is 1. The number of fused-ring (bicyclic) bond motifs is 2. The number of carbonyl (C=O) groups excluding carboxylic acids is 1. The number of methoxy groups -OCH3 is 1. The number of nitrogens with two attached hydrogens (primary N) is 1. The van der Waals surface area contributed by atoms with Gasteiger partial charge in [0.05, 0.1) is 0 Å². The Morgan fingerprint density at radius 3 is 2.89 bits per heavy atom. The van der Waals surface area contributed by atoms with Crippen LogP contribution in [-0.4, -0.2) is 74.1 Å². The van der Waals surface area contributed by atoms with Crippen LogP contribution in [0.5, 0.6) is 0 Å². The quantitative estimate of drug-likeness (QED) is 0.224. The van der Waals surface area contributed by atoms with Crippen molar-refractivity contribution in [1.82, 2.24) is 9.97 Å². The molecule has 0 bridgehead atoms. The number of esters is 1. The van der Waals surface area contributed by atoms with Gasteiger partial charge in [-0.1, -0.05) is 23.4 Å². The molecule has 2 saturated heterocycles. The van der Waals surface area contributed by atoms with Gasteiger partial charge in [-0.2, -0.15) is 13.6 Å². The van der Waals surface area contributed by atoms with Crippen LogP contribution < -0.4 is 16.0 Å². The summed E-state index contributed by atoms with van der Waals surface area (Å²) in [5, 5.41) is 4.02. The molecule has 0 aliphatic carbocycles. The monoisotopic (exact) mass is 554 g/mol. The van der Waals surface area contributed by atoms with Crippen LogP contribution in [0.4, 0.5) is 17.3 Å². The molecule has 6 atom stereocenters. The molecule has 1 aromatic carbocycles. The summed E-state index contributed by atoms with van der Waals surface area (Å²) in [6.45, 7) is 0.968. The normalized spacial score (nSPS) is 31.0. The molecule has 2 fully saturated rings. The van der Waals surface area contributed by atoms with E-state index < -0.39 is 45.1 Å². The second-order valence-corrected chi connectivity index (χ2v) is 11.4. The number of nitrogens with zero attached hydrogens (tertiary/aromatic N) is 3. The molecule has 4 heterocycles. The number of hydrogen-bond donors (Lipinski definition) is 2. The maximum atomic E-state index is 11.1. The van der Waals surface area contributed by atoms with Crippen LogP contribution in [0.3, 0.4) is 0 Å². The Hall–Kier alpha value is -1.90. The van der Waals surface area contributed by atoms with Gasteiger partial charge in [0.2, 0.25) is 6.79 Å². The lowest BCUT2D eigenvalue weighted by Gasteiger charge is -2.34. The van der Waals surface area contributed by atoms with Crippen molar-refractivity contribution < 1.29 is 32.6 Å². The topological polar surface area (TPSA) is 140 Å². The highest BCUT2D eigenvalue weighted by atomic mass is 35.5. The number of hydrogen-bond acceptors (Lipinski definition) is 13. The third-order valence-corrected chi connectivity index (χ3v) is 8.57. The van der Waals surface area contributed by atoms with Crippen LogP contribution >= 0.6 is 31.2 Å². The molecule has 5 unspecified atom stereocenters. The maximum absolute atomic E-state index is 11.1. The number of carbonyl (C=O) groups is 1. The highest BCUT2D eigenvalue weighted by molar-refractivity contribution is 8.00. The fourth-order valence-electron chi connectivity index (χ4n) is 4.08. The maximum Gasteiger partial charge on any atom is 0.488 e. The van der Waals surface area contributed by atoms with E-state index in [1.807, 2.05) is 29.2 Å². The van der Waals surface area contributed by atoms with Gasteiger partial charge in [0, 0.05) is 24.0 Å². The first kappa shape index (κ1) is 25.7. The van der Waals surface area contributed by atoms with Gasteiger partial charge in [0.15, 0.2) is 29.5 Å². The second kappa shape index (κ2) is 10.5. The fraction of sp³-hybridized carbons (Fsp3) is 0.450. The van der Waals surface area contributed by atoms with Crippen LogP contribution in [0.2, 0.25) is 5.02 Å². The number of ether oxygens (including phenoxy) is 3. The Morgan fingerprint density at radius 1 is 1.39 bits per heavy atom. The molecule has 2 aromatic rings. The van der Waals surface area contributed by atoms with Gasteiger partial charge in [-0.3, -0.25) is 9.69 Å². The average Bonchev–Trinajstić information content (AvgIpc) is 3.37. The summed E-state index contributed by atoms with van der Waals surface area (Å²) in [6.07, 6.45) is -0.981.